The molecule has 0 aliphatic rings. The van der Waals surface area contributed by atoms with Crippen molar-refractivity contribution in [2.45, 2.75) is 0 Å². The molecule has 3 nitrogen and oxygen atoms in total. The van der Waals surface area contributed by atoms with Gasteiger partial charge >= 0.3 is 5.97 Å². The van der Waals surface area contributed by atoms with Crippen molar-refractivity contribution >= 4 is 12.0 Å². The van der Waals surface area contributed by atoms with Gasteiger partial charge in [0.2, 0.25) is 0 Å². The fraction of sp³-hybridized carbons (Fsp3) is 0.0667. The zero-order valence-corrected chi connectivity index (χ0v) is 10.4. The number of carbonyl (C=O) groups is 1. The van der Waals surface area contributed by atoms with Gasteiger partial charge in [-0.2, -0.15) is 0 Å². The van der Waals surface area contributed by atoms with E-state index in [1.54, 1.807) is 24.4 Å². The van der Waals surface area contributed by atoms with E-state index in [4.69, 9.17) is 0 Å². The van der Waals surface area contributed by atoms with Crippen molar-refractivity contribution in [1.82, 2.24) is 4.98 Å². The highest BCUT2D eigenvalue weighted by atomic mass is 19.1. The summed E-state index contributed by atoms with van der Waals surface area (Å²) in [5.41, 5.74) is 2.05. The molecular weight excluding hydrogens is 245 g/mol. The average molecular weight is 257 g/mol. The summed E-state index contributed by atoms with van der Waals surface area (Å²) in [6.07, 6.45) is 4.42. The number of pyridine rings is 1. The van der Waals surface area contributed by atoms with Crippen LogP contribution in [-0.4, -0.2) is 18.1 Å². The lowest BCUT2D eigenvalue weighted by atomic mass is 10.0. The third-order valence-corrected chi connectivity index (χ3v) is 2.71. The predicted octanol–water partition coefficient (Wildman–Crippen LogP) is 3.32. The highest BCUT2D eigenvalue weighted by Gasteiger charge is 2.09. The quantitative estimate of drug-likeness (QED) is 0.792. The molecular formula is C15H12FNO2. The number of esters is 1. The molecule has 1 heterocycles. The molecule has 96 valence electrons. The fourth-order valence-corrected chi connectivity index (χ4v) is 1.70. The zero-order valence-electron chi connectivity index (χ0n) is 10.4. The van der Waals surface area contributed by atoms with Gasteiger partial charge in [-0.3, -0.25) is 4.98 Å². The molecule has 0 saturated heterocycles. The Morgan fingerprint density at radius 1 is 1.32 bits per heavy atom. The van der Waals surface area contributed by atoms with Gasteiger partial charge in [-0.15, -0.1) is 0 Å². The summed E-state index contributed by atoms with van der Waals surface area (Å²) in [6.45, 7) is 3.53. The summed E-state index contributed by atoms with van der Waals surface area (Å²) in [6, 6.07) is 6.37. The van der Waals surface area contributed by atoms with Crippen molar-refractivity contribution in [3.63, 3.8) is 0 Å². The van der Waals surface area contributed by atoms with Crippen LogP contribution in [-0.2, 0) is 4.74 Å². The molecule has 0 spiro atoms. The largest absolute Gasteiger partial charge is 0.465 e. The van der Waals surface area contributed by atoms with E-state index in [2.05, 4.69) is 16.3 Å². The van der Waals surface area contributed by atoms with Crippen LogP contribution in [0.1, 0.15) is 15.9 Å². The normalized spacial score (nSPS) is 10.0. The number of methoxy groups -OCH3 is 1. The predicted molar refractivity (Wildman–Crippen MR) is 71.1 cm³/mol. The molecule has 19 heavy (non-hydrogen) atoms. The summed E-state index contributed by atoms with van der Waals surface area (Å²) in [5, 5.41) is 0. The minimum absolute atomic E-state index is 0.327. The second-order valence-electron chi connectivity index (χ2n) is 3.89. The van der Waals surface area contributed by atoms with Crippen LogP contribution >= 0.6 is 0 Å². The number of benzene rings is 1. The van der Waals surface area contributed by atoms with Gasteiger partial charge < -0.3 is 4.74 Å². The van der Waals surface area contributed by atoms with Crippen LogP contribution in [0.4, 0.5) is 4.39 Å². The van der Waals surface area contributed by atoms with Crippen molar-refractivity contribution in [1.29, 1.82) is 0 Å². The summed E-state index contributed by atoms with van der Waals surface area (Å²) in [5.74, 6) is -0.839. The first-order valence-corrected chi connectivity index (χ1v) is 5.61. The second-order valence-corrected chi connectivity index (χ2v) is 3.89. The van der Waals surface area contributed by atoms with Crippen molar-refractivity contribution in [2.75, 3.05) is 7.11 Å². The van der Waals surface area contributed by atoms with E-state index in [0.29, 0.717) is 22.3 Å². The van der Waals surface area contributed by atoms with Crippen LogP contribution in [0.2, 0.25) is 0 Å². The first kappa shape index (κ1) is 13.0. The molecule has 0 aliphatic heterocycles. The Kier molecular flexibility index (Phi) is 3.71. The topological polar surface area (TPSA) is 39.2 Å². The first-order chi connectivity index (χ1) is 9.15. The number of aromatic nitrogens is 1. The molecule has 0 amide bonds. The van der Waals surface area contributed by atoms with Gasteiger partial charge in [0.1, 0.15) is 5.82 Å². The van der Waals surface area contributed by atoms with Crippen LogP contribution in [0.15, 0.2) is 43.2 Å². The monoisotopic (exact) mass is 257 g/mol. The Labute approximate surface area is 110 Å². The summed E-state index contributed by atoms with van der Waals surface area (Å²) in [7, 11) is 1.30. The van der Waals surface area contributed by atoms with E-state index in [1.165, 1.54) is 25.4 Å². The highest BCUT2D eigenvalue weighted by molar-refractivity contribution is 5.90. The number of rotatable bonds is 3. The van der Waals surface area contributed by atoms with E-state index < -0.39 is 5.97 Å². The SMILES string of the molecule is C=Cc1ccc(-c2cncc(C(=O)OC)c2)cc1F. The number of carbonyl (C=O) groups excluding carboxylic acids is 1. The number of hydrogen-bond donors (Lipinski definition) is 0. The number of hydrogen-bond acceptors (Lipinski definition) is 3. The van der Waals surface area contributed by atoms with Gasteiger partial charge in [-0.05, 0) is 17.7 Å². The lowest BCUT2D eigenvalue weighted by Gasteiger charge is -2.05. The van der Waals surface area contributed by atoms with Gasteiger partial charge in [0, 0.05) is 23.5 Å². The molecule has 0 radical (unpaired) electrons. The van der Waals surface area contributed by atoms with Gasteiger partial charge in [0.05, 0.1) is 12.7 Å². The minimum Gasteiger partial charge on any atom is -0.465 e. The molecule has 0 bridgehead atoms. The van der Waals surface area contributed by atoms with Crippen molar-refractivity contribution in [3.8, 4) is 11.1 Å². The highest BCUT2D eigenvalue weighted by Crippen LogP contribution is 2.22. The Morgan fingerprint density at radius 3 is 2.74 bits per heavy atom. The molecule has 4 heteroatoms. The van der Waals surface area contributed by atoms with E-state index in [1.807, 2.05) is 0 Å². The molecule has 0 atom stereocenters. The summed E-state index contributed by atoms with van der Waals surface area (Å²) in [4.78, 5) is 15.4. The molecule has 2 rings (SSSR count). The maximum Gasteiger partial charge on any atom is 0.339 e. The van der Waals surface area contributed by atoms with E-state index in [0.717, 1.165) is 0 Å². The van der Waals surface area contributed by atoms with Crippen LogP contribution in [0.5, 0.6) is 0 Å². The van der Waals surface area contributed by atoms with E-state index in [9.17, 15) is 9.18 Å². The minimum atomic E-state index is -0.475. The molecule has 1 aromatic heterocycles. The standard InChI is InChI=1S/C15H12FNO2/c1-3-10-4-5-11(7-14(10)16)12-6-13(9-17-8-12)15(18)19-2/h3-9H,1H2,2H3. The van der Waals surface area contributed by atoms with Crippen molar-refractivity contribution < 1.29 is 13.9 Å². The first-order valence-electron chi connectivity index (χ1n) is 5.61. The number of halogens is 1. The van der Waals surface area contributed by atoms with Gasteiger partial charge in [0.25, 0.3) is 0 Å². The average Bonchev–Trinajstić information content (AvgIpc) is 2.46. The molecule has 0 aliphatic carbocycles. The molecule has 0 unspecified atom stereocenters. The zero-order chi connectivity index (χ0) is 13.8. The van der Waals surface area contributed by atoms with E-state index >= 15 is 0 Å². The Hall–Kier alpha value is -2.49. The maximum atomic E-state index is 13.7. The number of ether oxygens (including phenoxy) is 1. The van der Waals surface area contributed by atoms with Crippen LogP contribution < -0.4 is 0 Å². The Bertz CT molecular complexity index is 638. The lowest BCUT2D eigenvalue weighted by Crippen LogP contribution is -2.01. The van der Waals surface area contributed by atoms with Gasteiger partial charge in [-0.1, -0.05) is 24.8 Å². The van der Waals surface area contributed by atoms with Gasteiger partial charge in [-0.25, -0.2) is 9.18 Å². The summed E-state index contributed by atoms with van der Waals surface area (Å²) < 4.78 is 18.3. The van der Waals surface area contributed by atoms with Crippen LogP contribution in [0, 0.1) is 5.82 Å². The molecule has 2 aromatic rings. The second kappa shape index (κ2) is 5.44. The third-order valence-electron chi connectivity index (χ3n) is 2.71. The number of nitrogens with zero attached hydrogens (tertiary/aromatic N) is 1. The van der Waals surface area contributed by atoms with Crippen molar-refractivity contribution in [2.24, 2.45) is 0 Å². The van der Waals surface area contributed by atoms with Gasteiger partial charge in [0.15, 0.2) is 0 Å². The van der Waals surface area contributed by atoms with E-state index in [-0.39, 0.29) is 5.82 Å². The van der Waals surface area contributed by atoms with Crippen molar-refractivity contribution in [3.05, 3.63) is 60.2 Å². The Morgan fingerprint density at radius 2 is 2.11 bits per heavy atom. The third kappa shape index (κ3) is 2.68. The molecule has 0 fully saturated rings. The summed E-state index contributed by atoms with van der Waals surface area (Å²) >= 11 is 0. The molecule has 0 saturated carbocycles. The fourth-order valence-electron chi connectivity index (χ4n) is 1.70. The smallest absolute Gasteiger partial charge is 0.339 e. The molecule has 1 aromatic carbocycles. The Balaban J connectivity index is 2.44. The van der Waals surface area contributed by atoms with Crippen LogP contribution in [0.25, 0.3) is 17.2 Å². The maximum absolute atomic E-state index is 13.7. The van der Waals surface area contributed by atoms with Crippen LogP contribution in [0.3, 0.4) is 0 Å². The lowest BCUT2D eigenvalue weighted by molar-refractivity contribution is 0.0600. The molecule has 0 N–H and O–H groups in total.